The van der Waals surface area contributed by atoms with Crippen molar-refractivity contribution >= 4 is 11.6 Å². The molecule has 0 saturated carbocycles. The van der Waals surface area contributed by atoms with Crippen molar-refractivity contribution in [2.24, 2.45) is 0 Å². The van der Waals surface area contributed by atoms with E-state index < -0.39 is 0 Å². The van der Waals surface area contributed by atoms with E-state index in [9.17, 15) is 4.79 Å². The summed E-state index contributed by atoms with van der Waals surface area (Å²) in [6, 6.07) is 15.9. The van der Waals surface area contributed by atoms with Gasteiger partial charge in [0.2, 0.25) is 5.91 Å². The number of rotatable bonds is 4. The zero-order chi connectivity index (χ0) is 17.9. The number of carbonyl (C=O) groups excluding carboxylic acids is 1. The second-order valence-corrected chi connectivity index (χ2v) is 7.03. The molecule has 1 fully saturated rings. The molecule has 0 aromatic heterocycles. The molecule has 2 unspecified atom stereocenters. The van der Waals surface area contributed by atoms with Gasteiger partial charge in [0.25, 0.3) is 0 Å². The molecule has 0 bridgehead atoms. The van der Waals surface area contributed by atoms with E-state index in [1.807, 2.05) is 36.4 Å². The monoisotopic (exact) mass is 351 g/mol. The van der Waals surface area contributed by atoms with Crippen LogP contribution in [-0.2, 0) is 9.53 Å². The number of anilines is 1. The van der Waals surface area contributed by atoms with Crippen LogP contribution in [0.15, 0.2) is 48.5 Å². The number of carbonyl (C=O) groups is 1. The average molecular weight is 351 g/mol. The average Bonchev–Trinajstić information content (AvgIpc) is 2.68. The Bertz CT molecular complexity index is 769. The molecule has 2 aromatic carbocycles. The second kappa shape index (κ2) is 7.48. The highest BCUT2D eigenvalue weighted by molar-refractivity contribution is 5.87. The Morgan fingerprint density at radius 3 is 2.46 bits per heavy atom. The first-order valence-electron chi connectivity index (χ1n) is 9.27. The van der Waals surface area contributed by atoms with Crippen LogP contribution in [0.1, 0.15) is 35.1 Å². The molecule has 2 aromatic rings. The lowest BCUT2D eigenvalue weighted by Crippen LogP contribution is -2.42. The number of nitrogens with two attached hydrogens (primary N) is 1. The Balaban J connectivity index is 1.57. The Morgan fingerprint density at radius 2 is 1.73 bits per heavy atom. The van der Waals surface area contributed by atoms with Crippen LogP contribution in [0.5, 0.6) is 0 Å². The van der Waals surface area contributed by atoms with E-state index in [4.69, 9.17) is 10.5 Å². The summed E-state index contributed by atoms with van der Waals surface area (Å²) in [7, 11) is 0. The molecule has 4 rings (SSSR count). The highest BCUT2D eigenvalue weighted by Gasteiger charge is 2.33. The van der Waals surface area contributed by atoms with Crippen LogP contribution >= 0.6 is 0 Å². The van der Waals surface area contributed by atoms with Gasteiger partial charge in [-0.05, 0) is 41.8 Å². The predicted molar refractivity (Wildman–Crippen MR) is 102 cm³/mol. The van der Waals surface area contributed by atoms with Crippen LogP contribution in [0, 0.1) is 0 Å². The van der Waals surface area contributed by atoms with Crippen LogP contribution in [0.3, 0.4) is 0 Å². The standard InChI is InChI=1S/C21H25N3O2/c22-16-7-5-15(6-8-16)20-18-4-2-1-3-17(18)19(21(25)23-20)9-10-24-11-13-26-14-12-24/h1-8,19-20H,9-14,22H2,(H,23,25). The molecule has 1 saturated heterocycles. The Kier molecular flexibility index (Phi) is 4.91. The number of nitrogens with one attached hydrogen (secondary N) is 1. The number of hydrogen-bond acceptors (Lipinski definition) is 4. The third-order valence-corrected chi connectivity index (χ3v) is 5.39. The van der Waals surface area contributed by atoms with Crippen LogP contribution in [-0.4, -0.2) is 43.7 Å². The third kappa shape index (κ3) is 3.45. The van der Waals surface area contributed by atoms with Gasteiger partial charge in [-0.15, -0.1) is 0 Å². The number of hydrogen-bond donors (Lipinski definition) is 2. The van der Waals surface area contributed by atoms with Gasteiger partial charge in [0.1, 0.15) is 0 Å². The van der Waals surface area contributed by atoms with Gasteiger partial charge < -0.3 is 15.8 Å². The quantitative estimate of drug-likeness (QED) is 0.830. The van der Waals surface area contributed by atoms with Crippen LogP contribution in [0.25, 0.3) is 0 Å². The minimum absolute atomic E-state index is 0.0981. The molecule has 2 heterocycles. The van der Waals surface area contributed by atoms with E-state index in [0.717, 1.165) is 56.1 Å². The molecule has 0 radical (unpaired) electrons. The van der Waals surface area contributed by atoms with Gasteiger partial charge in [-0.2, -0.15) is 0 Å². The summed E-state index contributed by atoms with van der Waals surface area (Å²) in [6.07, 6.45) is 0.831. The topological polar surface area (TPSA) is 67.6 Å². The number of nitrogen functional groups attached to an aromatic ring is 1. The summed E-state index contributed by atoms with van der Waals surface area (Å²) < 4.78 is 5.41. The SMILES string of the molecule is Nc1ccc(C2NC(=O)C(CCN3CCOCC3)c3ccccc32)cc1. The van der Waals surface area contributed by atoms with Crippen molar-refractivity contribution in [1.29, 1.82) is 0 Å². The summed E-state index contributed by atoms with van der Waals surface area (Å²) in [4.78, 5) is 15.3. The van der Waals surface area contributed by atoms with E-state index in [0.29, 0.717) is 0 Å². The van der Waals surface area contributed by atoms with Crippen molar-refractivity contribution in [2.45, 2.75) is 18.4 Å². The maximum Gasteiger partial charge on any atom is 0.228 e. The van der Waals surface area contributed by atoms with E-state index in [1.54, 1.807) is 0 Å². The second-order valence-electron chi connectivity index (χ2n) is 7.03. The summed E-state index contributed by atoms with van der Waals surface area (Å²) in [6.45, 7) is 4.38. The predicted octanol–water partition coefficient (Wildman–Crippen LogP) is 2.29. The van der Waals surface area contributed by atoms with Gasteiger partial charge in [0.15, 0.2) is 0 Å². The number of benzene rings is 2. The van der Waals surface area contributed by atoms with Crippen molar-refractivity contribution < 1.29 is 9.53 Å². The molecular formula is C21H25N3O2. The number of fused-ring (bicyclic) bond motifs is 1. The van der Waals surface area contributed by atoms with Crippen molar-refractivity contribution in [3.63, 3.8) is 0 Å². The van der Waals surface area contributed by atoms with Gasteiger partial charge in [-0.25, -0.2) is 0 Å². The summed E-state index contributed by atoms with van der Waals surface area (Å²) in [5.41, 5.74) is 9.93. The maximum absolute atomic E-state index is 12.9. The smallest absolute Gasteiger partial charge is 0.228 e. The Hall–Kier alpha value is -2.37. The van der Waals surface area contributed by atoms with Gasteiger partial charge in [-0.3, -0.25) is 9.69 Å². The molecule has 3 N–H and O–H groups in total. The molecular weight excluding hydrogens is 326 g/mol. The molecule has 2 aliphatic rings. The van der Waals surface area contributed by atoms with Crippen LogP contribution in [0.4, 0.5) is 5.69 Å². The summed E-state index contributed by atoms with van der Waals surface area (Å²) >= 11 is 0. The molecule has 2 aliphatic heterocycles. The van der Waals surface area contributed by atoms with Crippen molar-refractivity contribution in [2.75, 3.05) is 38.6 Å². The molecule has 0 aliphatic carbocycles. The first-order chi connectivity index (χ1) is 12.7. The highest BCUT2D eigenvalue weighted by atomic mass is 16.5. The van der Waals surface area contributed by atoms with Crippen LogP contribution in [0.2, 0.25) is 0 Å². The van der Waals surface area contributed by atoms with E-state index >= 15 is 0 Å². The molecule has 5 heteroatoms. The fraction of sp³-hybridized carbons (Fsp3) is 0.381. The first-order valence-corrected chi connectivity index (χ1v) is 9.27. The fourth-order valence-electron chi connectivity index (χ4n) is 3.93. The van der Waals surface area contributed by atoms with Crippen molar-refractivity contribution in [3.05, 3.63) is 65.2 Å². The van der Waals surface area contributed by atoms with E-state index in [2.05, 4.69) is 22.3 Å². The van der Waals surface area contributed by atoms with Gasteiger partial charge in [0.05, 0.1) is 25.2 Å². The molecule has 1 amide bonds. The Labute approximate surface area is 154 Å². The van der Waals surface area contributed by atoms with Gasteiger partial charge in [0, 0.05) is 18.8 Å². The van der Waals surface area contributed by atoms with Crippen molar-refractivity contribution in [3.8, 4) is 0 Å². The number of ether oxygens (including phenoxy) is 1. The largest absolute Gasteiger partial charge is 0.399 e. The van der Waals surface area contributed by atoms with E-state index in [-0.39, 0.29) is 17.9 Å². The lowest BCUT2D eigenvalue weighted by molar-refractivity contribution is -0.124. The fourth-order valence-corrected chi connectivity index (χ4v) is 3.93. The summed E-state index contributed by atoms with van der Waals surface area (Å²) in [5.74, 6) is 0.0119. The van der Waals surface area contributed by atoms with Crippen LogP contribution < -0.4 is 11.1 Å². The minimum Gasteiger partial charge on any atom is -0.399 e. The zero-order valence-corrected chi connectivity index (χ0v) is 14.9. The molecule has 5 nitrogen and oxygen atoms in total. The number of morpholine rings is 1. The zero-order valence-electron chi connectivity index (χ0n) is 14.9. The third-order valence-electron chi connectivity index (χ3n) is 5.39. The molecule has 26 heavy (non-hydrogen) atoms. The maximum atomic E-state index is 12.9. The highest BCUT2D eigenvalue weighted by Crippen LogP contribution is 2.36. The lowest BCUT2D eigenvalue weighted by Gasteiger charge is -2.34. The molecule has 0 spiro atoms. The normalized spacial score (nSPS) is 23.3. The molecule has 136 valence electrons. The number of amides is 1. The van der Waals surface area contributed by atoms with Crippen molar-refractivity contribution in [1.82, 2.24) is 10.2 Å². The molecule has 2 atom stereocenters. The lowest BCUT2D eigenvalue weighted by atomic mass is 9.82. The minimum atomic E-state index is -0.112. The van der Waals surface area contributed by atoms with E-state index in [1.165, 1.54) is 5.56 Å². The van der Waals surface area contributed by atoms with Gasteiger partial charge in [-0.1, -0.05) is 36.4 Å². The first kappa shape index (κ1) is 17.1. The van der Waals surface area contributed by atoms with Gasteiger partial charge >= 0.3 is 0 Å². The summed E-state index contributed by atoms with van der Waals surface area (Å²) in [5, 5.41) is 3.22. The Morgan fingerprint density at radius 1 is 1.04 bits per heavy atom. The number of nitrogens with zero attached hydrogens (tertiary/aromatic N) is 1.